The first-order valence-corrected chi connectivity index (χ1v) is 12.7. The highest BCUT2D eigenvalue weighted by atomic mass is 31.3. The molecule has 1 fully saturated rings. The van der Waals surface area contributed by atoms with Crippen molar-refractivity contribution in [2.45, 2.75) is 30.9 Å². The highest BCUT2D eigenvalue weighted by Crippen LogP contribution is 2.66. The van der Waals surface area contributed by atoms with Gasteiger partial charge in [-0.3, -0.25) is 18.9 Å². The number of aliphatic hydroxyl groups excluding tert-OH is 2. The summed E-state index contributed by atoms with van der Waals surface area (Å²) >= 11 is 0. The molecular weight excluding hydrogens is 526 g/mol. The number of anilines is 1. The first kappa shape index (κ1) is 26.0. The molecule has 9 N–H and O–H groups in total. The van der Waals surface area contributed by atoms with Crippen LogP contribution in [0.5, 0.6) is 0 Å². The van der Waals surface area contributed by atoms with Gasteiger partial charge in [0.05, 0.1) is 6.33 Å². The molecule has 0 aromatic carbocycles. The Hall–Kier alpha value is -1.63. The fourth-order valence-corrected chi connectivity index (χ4v) is 5.80. The van der Waals surface area contributed by atoms with Gasteiger partial charge in [-0.1, -0.05) is 0 Å². The summed E-state index contributed by atoms with van der Waals surface area (Å²) in [6.45, 7) is 0. The molecule has 0 bridgehead atoms. The molecule has 7 atom stereocenters. The average molecular weight is 541 g/mol. The van der Waals surface area contributed by atoms with Crippen molar-refractivity contribution >= 4 is 40.6 Å². The summed E-state index contributed by atoms with van der Waals surface area (Å²) in [4.78, 5) is 56.9. The second-order valence-corrected chi connectivity index (χ2v) is 10.7. The minimum atomic E-state index is -5.89. The largest absolute Gasteiger partial charge is 0.490 e. The van der Waals surface area contributed by atoms with Gasteiger partial charge >= 0.3 is 23.5 Å². The third kappa shape index (κ3) is 5.90. The summed E-state index contributed by atoms with van der Waals surface area (Å²) in [5.74, 6) is -0.368. The van der Waals surface area contributed by atoms with E-state index in [0.717, 1.165) is 10.9 Å². The third-order valence-electron chi connectivity index (χ3n) is 3.89. The van der Waals surface area contributed by atoms with Gasteiger partial charge in [-0.25, -0.2) is 23.1 Å². The number of fused-ring (bicyclic) bond motifs is 1. The van der Waals surface area contributed by atoms with Gasteiger partial charge in [0, 0.05) is 0 Å². The number of rotatable bonds is 8. The summed E-state index contributed by atoms with van der Waals surface area (Å²) in [5.41, 5.74) is 4.07. The van der Waals surface area contributed by atoms with Crippen LogP contribution in [0.3, 0.4) is 0 Å². The number of nitrogen functional groups attached to an aromatic ring is 1. The molecule has 2 aromatic heterocycles. The molecule has 3 heterocycles. The number of imidazole rings is 1. The Morgan fingerprint density at radius 2 is 1.85 bits per heavy atom. The zero-order valence-corrected chi connectivity index (χ0v) is 18.2. The van der Waals surface area contributed by atoms with Crippen molar-refractivity contribution < 1.29 is 65.8 Å². The Labute approximate surface area is 180 Å². The number of phosphoric acid groups is 3. The number of halogens is 1. The standard InChI is InChI=1S/C10H15FN5O14P3/c11-2-4(17)5(9(19)28-32(23,24)30-33(25,26)29-31(20,21)22)27-8(2)16-1-13-3-6(16)14-10(12)15-7(3)18/h1-2,4-5,8-9,17,19H,(H,23,24)(H,25,26)(H2,20,21,22)(H3,12,14,15,18)/t2-,4+,5+,8-,9?/m1/s1. The second-order valence-electron chi connectivity index (χ2n) is 6.29. The highest BCUT2D eigenvalue weighted by molar-refractivity contribution is 7.66. The Balaban J connectivity index is 1.78. The van der Waals surface area contributed by atoms with Crippen LogP contribution in [-0.2, 0) is 31.6 Å². The molecule has 1 aliphatic heterocycles. The number of hydrogen-bond acceptors (Lipinski definition) is 13. The van der Waals surface area contributed by atoms with Gasteiger partial charge in [0.25, 0.3) is 5.56 Å². The summed E-state index contributed by atoms with van der Waals surface area (Å²) < 4.78 is 65.4. The number of nitrogens with one attached hydrogen (secondary N) is 1. The molecule has 1 aliphatic rings. The van der Waals surface area contributed by atoms with Crippen LogP contribution in [0.15, 0.2) is 11.1 Å². The number of nitrogens with zero attached hydrogens (tertiary/aromatic N) is 3. The maximum atomic E-state index is 14.7. The molecule has 0 amide bonds. The van der Waals surface area contributed by atoms with Gasteiger partial charge in [0.2, 0.25) is 5.95 Å². The first-order chi connectivity index (χ1) is 15.0. The number of aliphatic hydroxyl groups is 2. The lowest BCUT2D eigenvalue weighted by Gasteiger charge is -2.23. The van der Waals surface area contributed by atoms with Crippen LogP contribution >= 0.6 is 23.5 Å². The number of aromatic amines is 1. The van der Waals surface area contributed by atoms with Crippen molar-refractivity contribution in [3.8, 4) is 0 Å². The molecule has 33 heavy (non-hydrogen) atoms. The molecule has 0 radical (unpaired) electrons. The van der Waals surface area contributed by atoms with E-state index in [1.807, 2.05) is 0 Å². The minimum absolute atomic E-state index is 0.279. The molecule has 2 aromatic rings. The molecular formula is C10H15FN5O14P3. The molecule has 186 valence electrons. The van der Waals surface area contributed by atoms with Crippen LogP contribution in [0.4, 0.5) is 10.3 Å². The number of aromatic nitrogens is 4. The van der Waals surface area contributed by atoms with E-state index < -0.39 is 59.9 Å². The number of ether oxygens (including phenoxy) is 1. The normalized spacial score (nSPS) is 28.5. The lowest BCUT2D eigenvalue weighted by molar-refractivity contribution is -0.160. The van der Waals surface area contributed by atoms with Gasteiger partial charge in [-0.05, 0) is 0 Å². The molecule has 0 spiro atoms. The first-order valence-electron chi connectivity index (χ1n) is 8.20. The maximum Gasteiger partial charge on any atom is 0.490 e. The van der Waals surface area contributed by atoms with E-state index in [4.69, 9.17) is 25.2 Å². The second kappa shape index (κ2) is 8.86. The monoisotopic (exact) mass is 541 g/mol. The van der Waals surface area contributed by atoms with Crippen molar-refractivity contribution in [1.29, 1.82) is 0 Å². The van der Waals surface area contributed by atoms with E-state index >= 15 is 0 Å². The Kier molecular flexibility index (Phi) is 6.98. The quantitative estimate of drug-likeness (QED) is 0.132. The zero-order chi connectivity index (χ0) is 24.9. The van der Waals surface area contributed by atoms with Crippen molar-refractivity contribution in [1.82, 2.24) is 19.5 Å². The van der Waals surface area contributed by atoms with Crippen molar-refractivity contribution in [2.75, 3.05) is 5.73 Å². The summed E-state index contributed by atoms with van der Waals surface area (Å²) in [7, 11) is -17.4. The Morgan fingerprint density at radius 1 is 1.21 bits per heavy atom. The Bertz CT molecular complexity index is 1250. The van der Waals surface area contributed by atoms with Crippen molar-refractivity contribution in [3.05, 3.63) is 16.7 Å². The van der Waals surface area contributed by atoms with Crippen molar-refractivity contribution in [2.24, 2.45) is 0 Å². The Morgan fingerprint density at radius 3 is 2.45 bits per heavy atom. The van der Waals surface area contributed by atoms with Crippen LogP contribution in [0.2, 0.25) is 0 Å². The number of H-pyrrole nitrogens is 1. The van der Waals surface area contributed by atoms with E-state index in [0.29, 0.717) is 0 Å². The number of hydrogen-bond donors (Lipinski definition) is 8. The van der Waals surface area contributed by atoms with Gasteiger partial charge in [0.15, 0.2) is 29.9 Å². The van der Waals surface area contributed by atoms with E-state index in [1.165, 1.54) is 0 Å². The van der Waals surface area contributed by atoms with Crippen LogP contribution < -0.4 is 11.3 Å². The van der Waals surface area contributed by atoms with E-state index in [-0.39, 0.29) is 17.1 Å². The fraction of sp³-hybridized carbons (Fsp3) is 0.500. The summed E-state index contributed by atoms with van der Waals surface area (Å²) in [6.07, 6.45) is -10.4. The van der Waals surface area contributed by atoms with Crippen LogP contribution in [0.1, 0.15) is 6.23 Å². The highest BCUT2D eigenvalue weighted by Gasteiger charge is 2.51. The van der Waals surface area contributed by atoms with Crippen LogP contribution in [0, 0.1) is 0 Å². The van der Waals surface area contributed by atoms with E-state index in [9.17, 15) is 38.0 Å². The number of phosphoric ester groups is 1. The lowest BCUT2D eigenvalue weighted by Crippen LogP contribution is -2.38. The maximum absolute atomic E-state index is 14.7. The molecule has 23 heteroatoms. The van der Waals surface area contributed by atoms with Crippen LogP contribution in [-0.4, -0.2) is 74.0 Å². The molecule has 0 saturated carbocycles. The zero-order valence-electron chi connectivity index (χ0n) is 15.6. The molecule has 3 unspecified atom stereocenters. The molecule has 0 aliphatic carbocycles. The van der Waals surface area contributed by atoms with Crippen molar-refractivity contribution in [3.63, 3.8) is 0 Å². The number of alkyl halides is 1. The average Bonchev–Trinajstić information content (AvgIpc) is 3.13. The molecule has 19 nitrogen and oxygen atoms in total. The lowest BCUT2D eigenvalue weighted by atomic mass is 10.1. The van der Waals surface area contributed by atoms with E-state index in [2.05, 4.69) is 28.1 Å². The van der Waals surface area contributed by atoms with Gasteiger partial charge < -0.3 is 40.3 Å². The summed E-state index contributed by atoms with van der Waals surface area (Å²) in [6, 6.07) is 0. The third-order valence-corrected chi connectivity index (χ3v) is 7.70. The van der Waals surface area contributed by atoms with Gasteiger partial charge in [0.1, 0.15) is 12.2 Å². The predicted octanol–water partition coefficient (Wildman–Crippen LogP) is -2.04. The summed E-state index contributed by atoms with van der Waals surface area (Å²) in [5, 5.41) is 20.0. The fourth-order valence-electron chi connectivity index (χ4n) is 2.75. The molecule has 1 saturated heterocycles. The van der Waals surface area contributed by atoms with E-state index in [1.54, 1.807) is 0 Å². The predicted molar refractivity (Wildman–Crippen MR) is 98.3 cm³/mol. The van der Waals surface area contributed by atoms with Crippen LogP contribution in [0.25, 0.3) is 11.2 Å². The number of nitrogens with two attached hydrogens (primary N) is 1. The molecule has 3 rings (SSSR count). The smallest absolute Gasteiger partial charge is 0.387 e. The topological polar surface area (TPSA) is 299 Å². The van der Waals surface area contributed by atoms with Gasteiger partial charge in [-0.15, -0.1) is 0 Å². The minimum Gasteiger partial charge on any atom is -0.387 e. The van der Waals surface area contributed by atoms with Gasteiger partial charge in [-0.2, -0.15) is 13.6 Å². The SMILES string of the molecule is Nc1nc2c(ncn2[C@@H]2O[C@H](C(O)OP(=O)(O)OP(=O)(O)OP(=O)(O)O)[C@@H](O)[C@H]2F)c(=O)[nH]1.